The summed E-state index contributed by atoms with van der Waals surface area (Å²) in [5.41, 5.74) is 3.10. The van der Waals surface area contributed by atoms with Crippen molar-refractivity contribution in [1.29, 1.82) is 0 Å². The number of methoxy groups -OCH3 is 1. The van der Waals surface area contributed by atoms with Crippen molar-refractivity contribution in [3.05, 3.63) is 51.8 Å². The number of nitrogens with zero attached hydrogens (tertiary/aromatic N) is 1. The number of rotatable bonds is 2. The fourth-order valence-electron chi connectivity index (χ4n) is 2.49. The Kier molecular flexibility index (Phi) is 3.53. The molecule has 1 aliphatic rings. The average Bonchev–Trinajstić information content (AvgIpc) is 2.85. The third-order valence-corrected chi connectivity index (χ3v) is 4.00. The molecule has 104 valence electrons. The zero-order valence-corrected chi connectivity index (χ0v) is 12.7. The molecule has 0 atom stereocenters. The Morgan fingerprint density at radius 3 is 2.80 bits per heavy atom. The number of benzene rings is 1. The molecule has 0 radical (unpaired) electrons. The highest BCUT2D eigenvalue weighted by Gasteiger charge is 2.23. The smallest absolute Gasteiger partial charge is 0.254 e. The van der Waals surface area contributed by atoms with E-state index in [1.807, 2.05) is 35.2 Å². The number of aromatic nitrogens is 1. The third-order valence-electron chi connectivity index (χ3n) is 3.58. The molecule has 1 amide bonds. The minimum Gasteiger partial charge on any atom is -0.497 e. The van der Waals surface area contributed by atoms with E-state index in [1.165, 1.54) is 11.3 Å². The monoisotopic (exact) mass is 334 g/mol. The van der Waals surface area contributed by atoms with Crippen molar-refractivity contribution in [2.45, 2.75) is 13.0 Å². The van der Waals surface area contributed by atoms with Gasteiger partial charge in [-0.25, -0.2) is 0 Å². The summed E-state index contributed by atoms with van der Waals surface area (Å²) >= 11 is 3.44. The number of fused-ring (bicyclic) bond motifs is 1. The van der Waals surface area contributed by atoms with E-state index < -0.39 is 0 Å². The number of carbonyl (C=O) groups excluding carboxylic acids is 1. The molecule has 20 heavy (non-hydrogen) atoms. The van der Waals surface area contributed by atoms with Crippen molar-refractivity contribution in [3.63, 3.8) is 0 Å². The molecular formula is C15H15BrN2O2. The summed E-state index contributed by atoms with van der Waals surface area (Å²) in [4.78, 5) is 17.6. The maximum Gasteiger partial charge on any atom is 0.254 e. The summed E-state index contributed by atoms with van der Waals surface area (Å²) in [6, 6.07) is 9.29. The fraction of sp³-hybridized carbons (Fsp3) is 0.267. The summed E-state index contributed by atoms with van der Waals surface area (Å²) in [7, 11) is 1.62. The highest BCUT2D eigenvalue weighted by molar-refractivity contribution is 9.10. The third kappa shape index (κ3) is 2.45. The van der Waals surface area contributed by atoms with Gasteiger partial charge in [-0.05, 0) is 51.8 Å². The van der Waals surface area contributed by atoms with Gasteiger partial charge in [0.25, 0.3) is 5.91 Å². The number of ether oxygens (including phenoxy) is 1. The molecule has 0 bridgehead atoms. The number of halogens is 1. The van der Waals surface area contributed by atoms with E-state index in [1.54, 1.807) is 7.11 Å². The molecule has 0 spiro atoms. The largest absolute Gasteiger partial charge is 0.497 e. The molecule has 1 aliphatic heterocycles. The molecule has 4 nitrogen and oxygen atoms in total. The van der Waals surface area contributed by atoms with E-state index in [-0.39, 0.29) is 5.91 Å². The lowest BCUT2D eigenvalue weighted by atomic mass is 10.1. The molecule has 1 aromatic carbocycles. The van der Waals surface area contributed by atoms with Gasteiger partial charge in [0, 0.05) is 30.8 Å². The minimum absolute atomic E-state index is 0.0654. The first-order chi connectivity index (χ1) is 9.67. The van der Waals surface area contributed by atoms with Crippen LogP contribution in [0.1, 0.15) is 21.6 Å². The van der Waals surface area contributed by atoms with Gasteiger partial charge < -0.3 is 14.6 Å². The van der Waals surface area contributed by atoms with Crippen molar-refractivity contribution in [1.82, 2.24) is 9.88 Å². The number of nitrogens with one attached hydrogen (secondary N) is 1. The highest BCUT2D eigenvalue weighted by atomic mass is 79.9. The second-order valence-corrected chi connectivity index (χ2v) is 5.68. The minimum atomic E-state index is 0.0654. The Labute approximate surface area is 125 Å². The molecule has 0 saturated heterocycles. The van der Waals surface area contributed by atoms with Crippen LogP contribution in [0.3, 0.4) is 0 Å². The van der Waals surface area contributed by atoms with Crippen LogP contribution in [0.25, 0.3) is 0 Å². The lowest BCUT2D eigenvalue weighted by molar-refractivity contribution is 0.0734. The van der Waals surface area contributed by atoms with E-state index in [9.17, 15) is 4.79 Å². The summed E-state index contributed by atoms with van der Waals surface area (Å²) < 4.78 is 6.08. The molecule has 0 unspecified atom stereocenters. The van der Waals surface area contributed by atoms with Crippen LogP contribution in [0.15, 0.2) is 34.9 Å². The van der Waals surface area contributed by atoms with E-state index in [2.05, 4.69) is 20.9 Å². The number of H-pyrrole nitrogens is 1. The van der Waals surface area contributed by atoms with E-state index >= 15 is 0 Å². The van der Waals surface area contributed by atoms with Crippen LogP contribution >= 0.6 is 15.9 Å². The lowest BCUT2D eigenvalue weighted by Crippen LogP contribution is -2.35. The Morgan fingerprint density at radius 1 is 1.35 bits per heavy atom. The molecule has 0 fully saturated rings. The first-order valence-electron chi connectivity index (χ1n) is 6.47. The number of amides is 1. The molecule has 1 N–H and O–H groups in total. The summed E-state index contributed by atoms with van der Waals surface area (Å²) in [6.07, 6.45) is 0.864. The Bertz CT molecular complexity index is 634. The predicted octanol–water partition coefficient (Wildman–Crippen LogP) is 2.98. The van der Waals surface area contributed by atoms with Gasteiger partial charge in [-0.2, -0.15) is 0 Å². The van der Waals surface area contributed by atoms with Gasteiger partial charge in [0.05, 0.1) is 11.7 Å². The Balaban J connectivity index is 1.78. The predicted molar refractivity (Wildman–Crippen MR) is 79.9 cm³/mol. The summed E-state index contributed by atoms with van der Waals surface area (Å²) in [5.74, 6) is 0.827. The van der Waals surface area contributed by atoms with E-state index in [0.29, 0.717) is 12.1 Å². The summed E-state index contributed by atoms with van der Waals surface area (Å²) in [5, 5.41) is 0. The van der Waals surface area contributed by atoms with Crippen molar-refractivity contribution in [3.8, 4) is 5.75 Å². The van der Waals surface area contributed by atoms with Crippen LogP contribution < -0.4 is 4.74 Å². The number of carbonyl (C=O) groups is 1. The van der Waals surface area contributed by atoms with Gasteiger partial charge in [0.15, 0.2) is 0 Å². The second kappa shape index (κ2) is 5.32. The molecule has 3 rings (SSSR count). The lowest BCUT2D eigenvalue weighted by Gasteiger charge is -2.27. The number of hydrogen-bond acceptors (Lipinski definition) is 2. The molecule has 5 heteroatoms. The quantitative estimate of drug-likeness (QED) is 0.917. The standard InChI is InChI=1S/C15H15BrN2O2/c1-20-12-4-2-10(3-5-12)15(19)18-7-6-13-11(9-18)8-14(16)17-13/h2-5,8,17H,6-7,9H2,1H3. The van der Waals surface area contributed by atoms with Crippen LogP contribution in [0.4, 0.5) is 0 Å². The van der Waals surface area contributed by atoms with E-state index in [4.69, 9.17) is 4.74 Å². The van der Waals surface area contributed by atoms with Crippen molar-refractivity contribution in [2.24, 2.45) is 0 Å². The zero-order chi connectivity index (χ0) is 14.1. The first kappa shape index (κ1) is 13.2. The number of hydrogen-bond donors (Lipinski definition) is 1. The van der Waals surface area contributed by atoms with Crippen LogP contribution in [-0.4, -0.2) is 29.4 Å². The van der Waals surface area contributed by atoms with Gasteiger partial charge in [-0.3, -0.25) is 4.79 Å². The van der Waals surface area contributed by atoms with Crippen LogP contribution in [0, 0.1) is 0 Å². The average molecular weight is 335 g/mol. The van der Waals surface area contributed by atoms with Crippen molar-refractivity contribution >= 4 is 21.8 Å². The molecule has 0 saturated carbocycles. The Morgan fingerprint density at radius 2 is 2.10 bits per heavy atom. The topological polar surface area (TPSA) is 45.3 Å². The Hall–Kier alpha value is -1.75. The maximum atomic E-state index is 12.5. The number of aromatic amines is 1. The van der Waals surface area contributed by atoms with Crippen LogP contribution in [0.5, 0.6) is 5.75 Å². The van der Waals surface area contributed by atoms with E-state index in [0.717, 1.165) is 23.3 Å². The van der Waals surface area contributed by atoms with Gasteiger partial charge >= 0.3 is 0 Å². The maximum absolute atomic E-state index is 12.5. The SMILES string of the molecule is COc1ccc(C(=O)N2CCc3[nH]c(Br)cc3C2)cc1. The van der Waals surface area contributed by atoms with Gasteiger partial charge in [0.2, 0.25) is 0 Å². The first-order valence-corrected chi connectivity index (χ1v) is 7.26. The normalized spacial score (nSPS) is 14.0. The second-order valence-electron chi connectivity index (χ2n) is 4.83. The highest BCUT2D eigenvalue weighted by Crippen LogP contribution is 2.24. The molecule has 0 aliphatic carbocycles. The van der Waals surface area contributed by atoms with Gasteiger partial charge in [0.1, 0.15) is 5.75 Å². The van der Waals surface area contributed by atoms with Crippen LogP contribution in [-0.2, 0) is 13.0 Å². The fourth-order valence-corrected chi connectivity index (χ4v) is 3.00. The zero-order valence-electron chi connectivity index (χ0n) is 11.1. The van der Waals surface area contributed by atoms with Gasteiger partial charge in [-0.15, -0.1) is 0 Å². The van der Waals surface area contributed by atoms with Crippen molar-refractivity contribution < 1.29 is 9.53 Å². The summed E-state index contributed by atoms with van der Waals surface area (Å²) in [6.45, 7) is 1.40. The molecular weight excluding hydrogens is 320 g/mol. The molecule has 1 aromatic heterocycles. The molecule has 2 heterocycles. The molecule has 2 aromatic rings. The van der Waals surface area contributed by atoms with Gasteiger partial charge in [-0.1, -0.05) is 0 Å². The van der Waals surface area contributed by atoms with Crippen LogP contribution in [0.2, 0.25) is 0 Å². The van der Waals surface area contributed by atoms with Crippen molar-refractivity contribution in [2.75, 3.05) is 13.7 Å².